The third-order valence-electron chi connectivity index (χ3n) is 5.03. The van der Waals surface area contributed by atoms with E-state index in [2.05, 4.69) is 40.2 Å². The number of amides is 1. The first kappa shape index (κ1) is 18.3. The van der Waals surface area contributed by atoms with Gasteiger partial charge in [-0.3, -0.25) is 4.79 Å². The second kappa shape index (κ2) is 8.32. The average Bonchev–Trinajstić information content (AvgIpc) is 3.05. The molecule has 0 aromatic heterocycles. The minimum Gasteiger partial charge on any atom is -0.351 e. The molecule has 0 saturated carbocycles. The Bertz CT molecular complexity index is 869. The van der Waals surface area contributed by atoms with Crippen LogP contribution < -0.4 is 0 Å². The van der Waals surface area contributed by atoms with Gasteiger partial charge in [-0.15, -0.1) is 0 Å². The van der Waals surface area contributed by atoms with E-state index in [0.29, 0.717) is 15.8 Å². The number of carbonyl (C=O) groups is 1. The highest BCUT2D eigenvalue weighted by Gasteiger charge is 2.29. The van der Waals surface area contributed by atoms with Crippen LogP contribution in [0.2, 0.25) is 5.02 Å². The fraction of sp³-hybridized carbons (Fsp3) is 0.273. The van der Waals surface area contributed by atoms with Gasteiger partial charge < -0.3 is 4.90 Å². The first-order valence-corrected chi connectivity index (χ1v) is 10.4. The number of amidine groups is 1. The number of hydrogen-bond acceptors (Lipinski definition) is 3. The van der Waals surface area contributed by atoms with Crippen molar-refractivity contribution in [2.45, 2.75) is 19.3 Å². The van der Waals surface area contributed by atoms with E-state index in [9.17, 15) is 4.79 Å². The molecule has 0 atom stereocenters. The van der Waals surface area contributed by atoms with Gasteiger partial charge >= 0.3 is 0 Å². The lowest BCUT2D eigenvalue weighted by molar-refractivity contribution is -0.113. The summed E-state index contributed by atoms with van der Waals surface area (Å²) in [4.78, 5) is 19.5. The van der Waals surface area contributed by atoms with Gasteiger partial charge in [-0.2, -0.15) is 4.99 Å². The highest BCUT2D eigenvalue weighted by molar-refractivity contribution is 8.18. The van der Waals surface area contributed by atoms with Crippen molar-refractivity contribution < 1.29 is 4.79 Å². The quantitative estimate of drug-likeness (QED) is 0.663. The van der Waals surface area contributed by atoms with Crippen LogP contribution in [-0.2, 0) is 11.2 Å². The van der Waals surface area contributed by atoms with E-state index < -0.39 is 0 Å². The highest BCUT2D eigenvalue weighted by Crippen LogP contribution is 2.32. The van der Waals surface area contributed by atoms with Crippen LogP contribution in [0.3, 0.4) is 0 Å². The predicted molar refractivity (Wildman–Crippen MR) is 114 cm³/mol. The Balaban J connectivity index is 1.34. The van der Waals surface area contributed by atoms with Crippen LogP contribution in [0.1, 0.15) is 24.0 Å². The summed E-state index contributed by atoms with van der Waals surface area (Å²) < 4.78 is 0. The Kier molecular flexibility index (Phi) is 5.65. The first-order chi connectivity index (χ1) is 13.2. The second-order valence-electron chi connectivity index (χ2n) is 6.98. The van der Waals surface area contributed by atoms with Crippen molar-refractivity contribution >= 4 is 40.5 Å². The van der Waals surface area contributed by atoms with Crippen LogP contribution in [-0.4, -0.2) is 29.1 Å². The van der Waals surface area contributed by atoms with E-state index in [1.165, 1.54) is 17.3 Å². The van der Waals surface area contributed by atoms with Crippen molar-refractivity contribution in [3.8, 4) is 0 Å². The summed E-state index contributed by atoms with van der Waals surface area (Å²) in [5.74, 6) is 0.562. The highest BCUT2D eigenvalue weighted by atomic mass is 35.5. The minimum atomic E-state index is -0.142. The van der Waals surface area contributed by atoms with Gasteiger partial charge in [-0.1, -0.05) is 54.1 Å². The zero-order valence-corrected chi connectivity index (χ0v) is 16.5. The molecule has 0 aliphatic carbocycles. The number of rotatable bonds is 3. The second-order valence-corrected chi connectivity index (χ2v) is 8.43. The molecule has 138 valence electrons. The molecule has 2 aliphatic heterocycles. The van der Waals surface area contributed by atoms with Gasteiger partial charge in [0, 0.05) is 18.1 Å². The molecule has 2 aromatic carbocycles. The topological polar surface area (TPSA) is 32.7 Å². The number of likely N-dealkylation sites (tertiary alicyclic amines) is 1. The van der Waals surface area contributed by atoms with Gasteiger partial charge in [0.25, 0.3) is 5.91 Å². The summed E-state index contributed by atoms with van der Waals surface area (Å²) in [6.45, 7) is 1.93. The van der Waals surface area contributed by atoms with Gasteiger partial charge in [0.05, 0.1) is 4.91 Å². The molecule has 0 unspecified atom stereocenters. The van der Waals surface area contributed by atoms with Crippen molar-refractivity contribution in [3.05, 3.63) is 75.7 Å². The summed E-state index contributed by atoms with van der Waals surface area (Å²) in [5, 5.41) is 1.54. The molecule has 1 fully saturated rings. The SMILES string of the molecule is O=C1N=C(N2CCC(Cc3ccccc3)CC2)S/C1=C/c1ccc(Cl)cc1. The van der Waals surface area contributed by atoms with Crippen LogP contribution in [0.5, 0.6) is 0 Å². The molecule has 2 aliphatic rings. The van der Waals surface area contributed by atoms with E-state index >= 15 is 0 Å². The molecular formula is C22H21ClN2OS. The molecular weight excluding hydrogens is 376 g/mol. The van der Waals surface area contributed by atoms with Gasteiger partial charge in [0.15, 0.2) is 5.17 Å². The molecule has 0 radical (unpaired) electrons. The number of thioether (sulfide) groups is 1. The van der Waals surface area contributed by atoms with Gasteiger partial charge in [0.1, 0.15) is 0 Å². The lowest BCUT2D eigenvalue weighted by Gasteiger charge is -2.32. The summed E-state index contributed by atoms with van der Waals surface area (Å²) in [6.07, 6.45) is 5.30. The molecule has 1 saturated heterocycles. The van der Waals surface area contributed by atoms with E-state index in [0.717, 1.165) is 43.1 Å². The van der Waals surface area contributed by atoms with E-state index in [1.54, 1.807) is 0 Å². The molecule has 1 amide bonds. The van der Waals surface area contributed by atoms with Gasteiger partial charge in [-0.05, 0) is 66.3 Å². The maximum absolute atomic E-state index is 12.3. The molecule has 2 aromatic rings. The smallest absolute Gasteiger partial charge is 0.286 e. The fourth-order valence-corrected chi connectivity index (χ4v) is 4.61. The van der Waals surface area contributed by atoms with Crippen LogP contribution in [0.15, 0.2) is 64.5 Å². The molecule has 4 rings (SSSR count). The molecule has 0 spiro atoms. The van der Waals surface area contributed by atoms with Crippen molar-refractivity contribution in [1.82, 2.24) is 4.90 Å². The minimum absolute atomic E-state index is 0.142. The number of nitrogens with zero attached hydrogens (tertiary/aromatic N) is 2. The lowest BCUT2D eigenvalue weighted by atomic mass is 9.90. The molecule has 0 N–H and O–H groups in total. The number of aliphatic imine (C=N–C) groups is 1. The number of hydrogen-bond donors (Lipinski definition) is 0. The summed E-state index contributed by atoms with van der Waals surface area (Å²) in [5.41, 5.74) is 2.38. The maximum Gasteiger partial charge on any atom is 0.286 e. The normalized spacial score (nSPS) is 19.6. The first-order valence-electron chi connectivity index (χ1n) is 9.24. The summed E-state index contributed by atoms with van der Waals surface area (Å²) >= 11 is 7.41. The summed E-state index contributed by atoms with van der Waals surface area (Å²) in [6, 6.07) is 18.2. The Morgan fingerprint density at radius 2 is 1.78 bits per heavy atom. The van der Waals surface area contributed by atoms with E-state index in [-0.39, 0.29) is 5.91 Å². The maximum atomic E-state index is 12.3. The predicted octanol–water partition coefficient (Wildman–Crippen LogP) is 5.27. The Labute approximate surface area is 169 Å². The molecule has 2 heterocycles. The average molecular weight is 397 g/mol. The van der Waals surface area contributed by atoms with Crippen LogP contribution in [0.25, 0.3) is 6.08 Å². The number of benzene rings is 2. The van der Waals surface area contributed by atoms with E-state index in [1.807, 2.05) is 30.3 Å². The molecule has 0 bridgehead atoms. The summed E-state index contributed by atoms with van der Waals surface area (Å²) in [7, 11) is 0. The van der Waals surface area contributed by atoms with Crippen LogP contribution in [0, 0.1) is 5.92 Å². The molecule has 3 nitrogen and oxygen atoms in total. The van der Waals surface area contributed by atoms with E-state index in [4.69, 9.17) is 11.6 Å². The Hall–Kier alpha value is -2.04. The lowest BCUT2D eigenvalue weighted by Crippen LogP contribution is -2.37. The Morgan fingerprint density at radius 1 is 1.07 bits per heavy atom. The molecule has 5 heteroatoms. The number of halogens is 1. The fourth-order valence-electron chi connectivity index (χ4n) is 3.52. The van der Waals surface area contributed by atoms with Crippen LogP contribution >= 0.6 is 23.4 Å². The van der Waals surface area contributed by atoms with Gasteiger partial charge in [0.2, 0.25) is 0 Å². The largest absolute Gasteiger partial charge is 0.351 e. The zero-order valence-electron chi connectivity index (χ0n) is 15.0. The van der Waals surface area contributed by atoms with Crippen LogP contribution in [0.4, 0.5) is 0 Å². The van der Waals surface area contributed by atoms with Crippen molar-refractivity contribution in [3.63, 3.8) is 0 Å². The third-order valence-corrected chi connectivity index (χ3v) is 6.33. The van der Waals surface area contributed by atoms with Crippen molar-refractivity contribution in [1.29, 1.82) is 0 Å². The van der Waals surface area contributed by atoms with Gasteiger partial charge in [-0.25, -0.2) is 0 Å². The number of carbonyl (C=O) groups excluding carboxylic acids is 1. The van der Waals surface area contributed by atoms with Crippen molar-refractivity contribution in [2.75, 3.05) is 13.1 Å². The standard InChI is InChI=1S/C22H21ClN2OS/c23-19-8-6-17(7-9-19)15-20-21(26)24-22(27-20)25-12-10-18(11-13-25)14-16-4-2-1-3-5-16/h1-9,15,18H,10-14H2/b20-15+. The van der Waals surface area contributed by atoms with Crippen molar-refractivity contribution in [2.24, 2.45) is 10.9 Å². The Morgan fingerprint density at radius 3 is 2.48 bits per heavy atom. The monoisotopic (exact) mass is 396 g/mol. The third kappa shape index (κ3) is 4.63. The molecule has 27 heavy (non-hydrogen) atoms. The number of piperidine rings is 1. The zero-order chi connectivity index (χ0) is 18.6.